The molecule has 1 N–H and O–H groups in total. The van der Waals surface area contributed by atoms with Crippen molar-refractivity contribution in [2.75, 3.05) is 12.9 Å². The summed E-state index contributed by atoms with van der Waals surface area (Å²) in [5, 5.41) is 2.95. The SMILES string of the molecule is COc1ccc2nc(SCC(=O)c3ccc4ccccc4c3)[nH]c2c1. The number of fused-ring (bicyclic) bond motifs is 2. The number of hydrogen-bond donors (Lipinski definition) is 1. The second-order valence-corrected chi connectivity index (χ2v) is 6.66. The molecule has 1 aromatic heterocycles. The van der Waals surface area contributed by atoms with Gasteiger partial charge in [0.05, 0.1) is 23.9 Å². The monoisotopic (exact) mass is 348 g/mol. The smallest absolute Gasteiger partial charge is 0.173 e. The molecule has 0 amide bonds. The first-order valence-electron chi connectivity index (χ1n) is 7.91. The van der Waals surface area contributed by atoms with E-state index in [4.69, 9.17) is 4.74 Å². The van der Waals surface area contributed by atoms with Gasteiger partial charge in [0.1, 0.15) is 5.75 Å². The van der Waals surface area contributed by atoms with E-state index in [0.29, 0.717) is 5.75 Å². The predicted molar refractivity (Wildman–Crippen MR) is 102 cm³/mol. The van der Waals surface area contributed by atoms with Gasteiger partial charge in [-0.1, -0.05) is 48.2 Å². The molecule has 0 aliphatic heterocycles. The minimum Gasteiger partial charge on any atom is -0.497 e. The third-order valence-electron chi connectivity index (χ3n) is 4.08. The Morgan fingerprint density at radius 3 is 2.76 bits per heavy atom. The Morgan fingerprint density at radius 1 is 1.08 bits per heavy atom. The Morgan fingerprint density at radius 2 is 1.92 bits per heavy atom. The van der Waals surface area contributed by atoms with E-state index in [1.807, 2.05) is 60.7 Å². The van der Waals surface area contributed by atoms with Crippen molar-refractivity contribution < 1.29 is 9.53 Å². The lowest BCUT2D eigenvalue weighted by atomic mass is 10.1. The maximum Gasteiger partial charge on any atom is 0.173 e. The molecule has 25 heavy (non-hydrogen) atoms. The third kappa shape index (κ3) is 3.23. The highest BCUT2D eigenvalue weighted by molar-refractivity contribution is 7.99. The minimum atomic E-state index is 0.0915. The van der Waals surface area contributed by atoms with Crippen LogP contribution in [0, 0.1) is 0 Å². The first-order chi connectivity index (χ1) is 12.2. The van der Waals surface area contributed by atoms with Crippen molar-refractivity contribution in [3.8, 4) is 5.75 Å². The molecule has 3 aromatic carbocycles. The normalized spacial score (nSPS) is 11.1. The molecule has 0 saturated carbocycles. The quantitative estimate of drug-likeness (QED) is 0.419. The van der Waals surface area contributed by atoms with Crippen LogP contribution in [0.4, 0.5) is 0 Å². The van der Waals surface area contributed by atoms with E-state index in [1.165, 1.54) is 11.8 Å². The first-order valence-corrected chi connectivity index (χ1v) is 8.90. The van der Waals surface area contributed by atoms with E-state index in [9.17, 15) is 4.79 Å². The summed E-state index contributed by atoms with van der Waals surface area (Å²) in [7, 11) is 1.63. The zero-order valence-corrected chi connectivity index (χ0v) is 14.5. The molecule has 0 saturated heterocycles. The van der Waals surface area contributed by atoms with Gasteiger partial charge in [-0.2, -0.15) is 0 Å². The molecule has 4 rings (SSSR count). The van der Waals surface area contributed by atoms with Crippen LogP contribution in [0.15, 0.2) is 65.8 Å². The van der Waals surface area contributed by atoms with Gasteiger partial charge in [-0.3, -0.25) is 4.79 Å². The Balaban J connectivity index is 1.50. The molecule has 0 atom stereocenters. The number of methoxy groups -OCH3 is 1. The van der Waals surface area contributed by atoms with E-state index in [2.05, 4.69) is 9.97 Å². The average molecular weight is 348 g/mol. The lowest BCUT2D eigenvalue weighted by Crippen LogP contribution is -2.02. The molecular formula is C20H16N2O2S. The number of ether oxygens (including phenoxy) is 1. The van der Waals surface area contributed by atoms with Crippen LogP contribution >= 0.6 is 11.8 Å². The summed E-state index contributed by atoms with van der Waals surface area (Å²) < 4.78 is 5.21. The number of nitrogens with one attached hydrogen (secondary N) is 1. The summed E-state index contributed by atoms with van der Waals surface area (Å²) in [6.45, 7) is 0. The van der Waals surface area contributed by atoms with Crippen molar-refractivity contribution in [2.24, 2.45) is 0 Å². The van der Waals surface area contributed by atoms with Crippen LogP contribution in [-0.4, -0.2) is 28.6 Å². The average Bonchev–Trinajstić information content (AvgIpc) is 3.07. The number of rotatable bonds is 5. The van der Waals surface area contributed by atoms with Gasteiger partial charge < -0.3 is 9.72 Å². The number of ketones is 1. The van der Waals surface area contributed by atoms with E-state index in [-0.39, 0.29) is 5.78 Å². The number of carbonyl (C=O) groups excluding carboxylic acids is 1. The number of nitrogens with zero attached hydrogens (tertiary/aromatic N) is 1. The summed E-state index contributed by atoms with van der Waals surface area (Å²) >= 11 is 1.41. The van der Waals surface area contributed by atoms with E-state index in [1.54, 1.807) is 7.11 Å². The number of H-pyrrole nitrogens is 1. The summed E-state index contributed by atoms with van der Waals surface area (Å²) in [6, 6.07) is 19.5. The van der Waals surface area contributed by atoms with E-state index in [0.717, 1.165) is 38.3 Å². The Bertz CT molecular complexity index is 1070. The zero-order valence-electron chi connectivity index (χ0n) is 13.7. The molecule has 0 unspecified atom stereocenters. The maximum absolute atomic E-state index is 12.5. The second-order valence-electron chi connectivity index (χ2n) is 5.70. The molecule has 4 nitrogen and oxygen atoms in total. The van der Waals surface area contributed by atoms with Crippen molar-refractivity contribution in [1.29, 1.82) is 0 Å². The van der Waals surface area contributed by atoms with Crippen molar-refractivity contribution in [3.05, 3.63) is 66.2 Å². The Labute approximate surface area is 149 Å². The van der Waals surface area contributed by atoms with Gasteiger partial charge in [-0.15, -0.1) is 0 Å². The zero-order chi connectivity index (χ0) is 17.2. The summed E-state index contributed by atoms with van der Waals surface area (Å²) in [5.41, 5.74) is 2.49. The van der Waals surface area contributed by atoms with Crippen LogP contribution < -0.4 is 4.74 Å². The summed E-state index contributed by atoms with van der Waals surface area (Å²) in [6.07, 6.45) is 0. The predicted octanol–water partition coefficient (Wildman–Crippen LogP) is 4.70. The van der Waals surface area contributed by atoms with E-state index >= 15 is 0 Å². The van der Waals surface area contributed by atoms with Gasteiger partial charge in [0.2, 0.25) is 0 Å². The summed E-state index contributed by atoms with van der Waals surface area (Å²) in [4.78, 5) is 20.2. The lowest BCUT2D eigenvalue weighted by Gasteiger charge is -2.02. The Kier molecular flexibility index (Phi) is 4.15. The molecule has 0 aliphatic rings. The van der Waals surface area contributed by atoms with Gasteiger partial charge in [0.15, 0.2) is 10.9 Å². The highest BCUT2D eigenvalue weighted by Gasteiger charge is 2.10. The Hall–Kier alpha value is -2.79. The molecule has 0 fully saturated rings. The van der Waals surface area contributed by atoms with Gasteiger partial charge in [-0.25, -0.2) is 4.98 Å². The molecule has 0 bridgehead atoms. The fraction of sp³-hybridized carbons (Fsp3) is 0.100. The van der Waals surface area contributed by atoms with Gasteiger partial charge in [0.25, 0.3) is 0 Å². The number of benzene rings is 3. The third-order valence-corrected chi connectivity index (χ3v) is 4.95. The van der Waals surface area contributed by atoms with Crippen LogP contribution in [0.3, 0.4) is 0 Å². The summed E-state index contributed by atoms with van der Waals surface area (Å²) in [5.74, 6) is 1.21. The van der Waals surface area contributed by atoms with Crippen molar-refractivity contribution in [2.45, 2.75) is 5.16 Å². The van der Waals surface area contributed by atoms with Crippen LogP contribution in [0.5, 0.6) is 5.75 Å². The fourth-order valence-electron chi connectivity index (χ4n) is 2.74. The standard InChI is InChI=1S/C20H16N2O2S/c1-24-16-8-9-17-18(11-16)22-20(21-17)25-12-19(23)15-7-6-13-4-2-3-5-14(13)10-15/h2-11H,12H2,1H3,(H,21,22). The number of Topliss-reactive ketones (excluding diaryl/α,β-unsaturated/α-hetero) is 1. The van der Waals surface area contributed by atoms with Gasteiger partial charge >= 0.3 is 0 Å². The number of aromatic amines is 1. The molecule has 5 heteroatoms. The van der Waals surface area contributed by atoms with Crippen LogP contribution in [0.25, 0.3) is 21.8 Å². The first kappa shape index (κ1) is 15.7. The van der Waals surface area contributed by atoms with Crippen LogP contribution in [-0.2, 0) is 0 Å². The van der Waals surface area contributed by atoms with Crippen molar-refractivity contribution >= 4 is 39.4 Å². The molecule has 1 heterocycles. The number of carbonyl (C=O) groups is 1. The largest absolute Gasteiger partial charge is 0.497 e. The number of imidazole rings is 1. The molecule has 124 valence electrons. The lowest BCUT2D eigenvalue weighted by molar-refractivity contribution is 0.102. The molecule has 4 aromatic rings. The van der Waals surface area contributed by atoms with Gasteiger partial charge in [-0.05, 0) is 29.0 Å². The topological polar surface area (TPSA) is 55.0 Å². The fourth-order valence-corrected chi connectivity index (χ4v) is 3.52. The van der Waals surface area contributed by atoms with E-state index < -0.39 is 0 Å². The van der Waals surface area contributed by atoms with Crippen molar-refractivity contribution in [1.82, 2.24) is 9.97 Å². The molecule has 0 spiro atoms. The van der Waals surface area contributed by atoms with Crippen LogP contribution in [0.1, 0.15) is 10.4 Å². The number of aromatic nitrogens is 2. The minimum absolute atomic E-state index is 0.0915. The second kappa shape index (κ2) is 6.61. The highest BCUT2D eigenvalue weighted by Crippen LogP contribution is 2.24. The number of thioether (sulfide) groups is 1. The van der Waals surface area contributed by atoms with Gasteiger partial charge in [0, 0.05) is 11.6 Å². The molecule has 0 aliphatic carbocycles. The molecule has 0 radical (unpaired) electrons. The molecular weight excluding hydrogens is 332 g/mol. The van der Waals surface area contributed by atoms with Crippen molar-refractivity contribution in [3.63, 3.8) is 0 Å². The van der Waals surface area contributed by atoms with Crippen LogP contribution in [0.2, 0.25) is 0 Å². The maximum atomic E-state index is 12.5. The highest BCUT2D eigenvalue weighted by atomic mass is 32.2. The number of hydrogen-bond acceptors (Lipinski definition) is 4.